The van der Waals surface area contributed by atoms with Crippen LogP contribution < -0.4 is 0 Å². The van der Waals surface area contributed by atoms with E-state index in [2.05, 4.69) is 0 Å². The molecule has 6 rings (SSSR count). The molecule has 0 saturated carbocycles. The summed E-state index contributed by atoms with van der Waals surface area (Å²) >= 11 is 0. The third-order valence-corrected chi connectivity index (χ3v) is 8.70. The lowest BCUT2D eigenvalue weighted by Crippen LogP contribution is -2.52. The molecule has 0 aliphatic carbocycles. The Morgan fingerprint density at radius 2 is 0.722 bits per heavy atom. The molecule has 0 radical (unpaired) electrons. The molecule has 7 heteroatoms. The monoisotopic (exact) mass is 722 g/mol. The lowest BCUT2D eigenvalue weighted by atomic mass is 10.1. The van der Waals surface area contributed by atoms with E-state index in [-0.39, 0.29) is 33.0 Å². The first-order chi connectivity index (χ1) is 26.7. The fourth-order valence-corrected chi connectivity index (χ4v) is 5.86. The zero-order valence-corrected chi connectivity index (χ0v) is 30.2. The van der Waals surface area contributed by atoms with Crippen molar-refractivity contribution in [3.63, 3.8) is 0 Å². The van der Waals surface area contributed by atoms with E-state index in [0.29, 0.717) is 12.2 Å². The number of hydrogen-bond donors (Lipinski definition) is 0. The van der Waals surface area contributed by atoms with Crippen LogP contribution in [0, 0.1) is 0 Å². The first-order valence-corrected chi connectivity index (χ1v) is 18.2. The summed E-state index contributed by atoms with van der Waals surface area (Å²) in [4.78, 5) is 13.8. The Bertz CT molecular complexity index is 1850. The number of ether oxygens (including phenoxy) is 6. The van der Waals surface area contributed by atoms with Crippen LogP contribution in [-0.4, -0.2) is 37.2 Å². The van der Waals surface area contributed by atoms with Crippen molar-refractivity contribution in [3.05, 3.63) is 215 Å². The third-order valence-electron chi connectivity index (χ3n) is 8.70. The van der Waals surface area contributed by atoms with Crippen molar-refractivity contribution in [3.8, 4) is 0 Å². The third kappa shape index (κ3) is 12.3. The van der Waals surface area contributed by atoms with Gasteiger partial charge in [0, 0.05) is 0 Å². The standard InChI is InChI=1S/C47H46O7/c48-46(42-29-17-6-18-30-42)54-43(36-49-31-37-19-7-1-8-20-37)44(50-32-38-21-9-2-10-22-38)45(51-33-39-23-11-3-12-24-39)47(52-34-40-25-13-4-14-26-40)53-35-41-27-15-5-16-28-41/h1-30,43-45,47H,31-36H2. The highest BCUT2D eigenvalue weighted by Gasteiger charge is 2.41. The predicted molar refractivity (Wildman–Crippen MR) is 208 cm³/mol. The average molecular weight is 723 g/mol. The Kier molecular flexibility index (Phi) is 15.1. The summed E-state index contributed by atoms with van der Waals surface area (Å²) in [7, 11) is 0. The summed E-state index contributed by atoms with van der Waals surface area (Å²) in [5, 5.41) is 0. The molecule has 276 valence electrons. The van der Waals surface area contributed by atoms with Gasteiger partial charge < -0.3 is 28.4 Å². The molecule has 0 amide bonds. The molecule has 6 aromatic carbocycles. The van der Waals surface area contributed by atoms with Crippen LogP contribution in [0.1, 0.15) is 38.2 Å². The van der Waals surface area contributed by atoms with E-state index in [0.717, 1.165) is 27.8 Å². The van der Waals surface area contributed by atoms with Crippen LogP contribution in [0.15, 0.2) is 182 Å². The second kappa shape index (κ2) is 21.3. The van der Waals surface area contributed by atoms with Crippen LogP contribution in [0.2, 0.25) is 0 Å². The number of carbonyl (C=O) groups is 1. The topological polar surface area (TPSA) is 72.5 Å². The Balaban J connectivity index is 1.38. The van der Waals surface area contributed by atoms with Crippen LogP contribution in [0.4, 0.5) is 0 Å². The van der Waals surface area contributed by atoms with Gasteiger partial charge in [-0.2, -0.15) is 0 Å². The number of benzene rings is 6. The first kappa shape index (κ1) is 38.3. The second-order valence-corrected chi connectivity index (χ2v) is 12.8. The van der Waals surface area contributed by atoms with Gasteiger partial charge in [-0.05, 0) is 39.9 Å². The van der Waals surface area contributed by atoms with Crippen molar-refractivity contribution < 1.29 is 33.2 Å². The second-order valence-electron chi connectivity index (χ2n) is 12.8. The summed E-state index contributed by atoms with van der Waals surface area (Å²) in [6.07, 6.45) is -3.69. The number of rotatable bonds is 21. The molecule has 0 aliphatic rings. The molecular formula is C47H46O7. The van der Waals surface area contributed by atoms with Crippen molar-refractivity contribution in [2.45, 2.75) is 57.6 Å². The zero-order chi connectivity index (χ0) is 37.0. The molecule has 7 nitrogen and oxygen atoms in total. The van der Waals surface area contributed by atoms with Crippen molar-refractivity contribution in [1.82, 2.24) is 0 Å². The molecule has 0 N–H and O–H groups in total. The van der Waals surface area contributed by atoms with E-state index < -0.39 is 30.6 Å². The largest absolute Gasteiger partial charge is 0.453 e. The van der Waals surface area contributed by atoms with Gasteiger partial charge in [0.25, 0.3) is 0 Å². The van der Waals surface area contributed by atoms with Crippen molar-refractivity contribution in [2.75, 3.05) is 6.61 Å². The molecule has 3 atom stereocenters. The average Bonchev–Trinajstić information content (AvgIpc) is 3.24. The number of carbonyl (C=O) groups excluding carboxylic acids is 1. The van der Waals surface area contributed by atoms with Crippen LogP contribution in [0.25, 0.3) is 0 Å². The van der Waals surface area contributed by atoms with Gasteiger partial charge in [-0.1, -0.05) is 170 Å². The molecule has 3 unspecified atom stereocenters. The maximum atomic E-state index is 13.8. The SMILES string of the molecule is O=C(OC(COCc1ccccc1)C(OCc1ccccc1)C(OCc1ccccc1)C(OCc1ccccc1)OCc1ccccc1)c1ccccc1. The lowest BCUT2D eigenvalue weighted by molar-refractivity contribution is -0.261. The van der Waals surface area contributed by atoms with Gasteiger partial charge in [0.05, 0.1) is 45.2 Å². The van der Waals surface area contributed by atoms with E-state index in [1.54, 1.807) is 24.3 Å². The van der Waals surface area contributed by atoms with Crippen LogP contribution in [0.5, 0.6) is 0 Å². The van der Waals surface area contributed by atoms with Gasteiger partial charge in [-0.25, -0.2) is 4.79 Å². The van der Waals surface area contributed by atoms with Crippen LogP contribution in [-0.2, 0) is 61.5 Å². The molecule has 0 aliphatic heterocycles. The molecular weight excluding hydrogens is 677 g/mol. The minimum atomic E-state index is -0.957. The maximum absolute atomic E-state index is 13.8. The Morgan fingerprint density at radius 3 is 1.13 bits per heavy atom. The summed E-state index contributed by atoms with van der Waals surface area (Å²) in [6.45, 7) is 1.24. The highest BCUT2D eigenvalue weighted by atomic mass is 16.7. The van der Waals surface area contributed by atoms with Gasteiger partial charge in [-0.3, -0.25) is 0 Å². The van der Waals surface area contributed by atoms with Gasteiger partial charge >= 0.3 is 5.97 Å². The summed E-state index contributed by atoms with van der Waals surface area (Å²) in [5.74, 6) is -0.508. The minimum Gasteiger partial charge on any atom is -0.453 e. The summed E-state index contributed by atoms with van der Waals surface area (Å²) in [5.41, 5.74) is 5.22. The molecule has 6 aromatic rings. The van der Waals surface area contributed by atoms with E-state index in [1.807, 2.05) is 158 Å². The number of esters is 1. The van der Waals surface area contributed by atoms with Crippen molar-refractivity contribution in [2.24, 2.45) is 0 Å². The molecule has 0 aromatic heterocycles. The Morgan fingerprint density at radius 1 is 0.389 bits per heavy atom. The van der Waals surface area contributed by atoms with Crippen molar-refractivity contribution in [1.29, 1.82) is 0 Å². The zero-order valence-electron chi connectivity index (χ0n) is 30.2. The Hall–Kier alpha value is -5.41. The molecule has 0 heterocycles. The fraction of sp³-hybridized carbons (Fsp3) is 0.213. The summed E-state index contributed by atoms with van der Waals surface area (Å²) < 4.78 is 39.6. The van der Waals surface area contributed by atoms with Gasteiger partial charge in [0.1, 0.15) is 12.2 Å². The molecule has 0 fully saturated rings. The highest BCUT2D eigenvalue weighted by molar-refractivity contribution is 5.89. The maximum Gasteiger partial charge on any atom is 0.338 e. The fourth-order valence-electron chi connectivity index (χ4n) is 5.86. The van der Waals surface area contributed by atoms with E-state index in [4.69, 9.17) is 28.4 Å². The van der Waals surface area contributed by atoms with E-state index >= 15 is 0 Å². The van der Waals surface area contributed by atoms with Crippen LogP contribution in [0.3, 0.4) is 0 Å². The van der Waals surface area contributed by atoms with Gasteiger partial charge in [0.2, 0.25) is 0 Å². The Labute approximate surface area is 318 Å². The lowest BCUT2D eigenvalue weighted by Gasteiger charge is -2.37. The summed E-state index contributed by atoms with van der Waals surface area (Å²) in [6, 6.07) is 58.3. The highest BCUT2D eigenvalue weighted by Crippen LogP contribution is 2.25. The van der Waals surface area contributed by atoms with Gasteiger partial charge in [-0.15, -0.1) is 0 Å². The van der Waals surface area contributed by atoms with Crippen molar-refractivity contribution >= 4 is 5.97 Å². The smallest absolute Gasteiger partial charge is 0.338 e. The number of hydrogen-bond acceptors (Lipinski definition) is 7. The molecule has 0 spiro atoms. The quantitative estimate of drug-likeness (QED) is 0.0542. The predicted octanol–water partition coefficient (Wildman–Crippen LogP) is 9.36. The van der Waals surface area contributed by atoms with E-state index in [9.17, 15) is 4.79 Å². The minimum absolute atomic E-state index is 0.0161. The van der Waals surface area contributed by atoms with Crippen LogP contribution >= 0.6 is 0 Å². The first-order valence-electron chi connectivity index (χ1n) is 18.2. The van der Waals surface area contributed by atoms with Gasteiger partial charge in [0.15, 0.2) is 12.4 Å². The molecule has 54 heavy (non-hydrogen) atoms. The van der Waals surface area contributed by atoms with E-state index in [1.165, 1.54) is 0 Å². The molecule has 0 saturated heterocycles. The molecule has 0 bridgehead atoms. The normalized spacial score (nSPS) is 12.9.